The molecule has 2 aromatic rings. The Balaban J connectivity index is 2.43. The zero-order valence-electron chi connectivity index (χ0n) is 10.8. The molecule has 0 aromatic heterocycles. The average Bonchev–Trinajstić information content (AvgIpc) is 2.43. The summed E-state index contributed by atoms with van der Waals surface area (Å²) in [6.07, 6.45) is 1.67. The van der Waals surface area contributed by atoms with Crippen LogP contribution in [0.2, 0.25) is 0 Å². The van der Waals surface area contributed by atoms with Gasteiger partial charge in [0.25, 0.3) is 0 Å². The van der Waals surface area contributed by atoms with E-state index in [0.29, 0.717) is 0 Å². The van der Waals surface area contributed by atoms with Crippen LogP contribution in [0.3, 0.4) is 0 Å². The summed E-state index contributed by atoms with van der Waals surface area (Å²) in [5.74, 6) is -0.140. The Bertz CT molecular complexity index is 692. The Morgan fingerprint density at radius 2 is 1.89 bits per heavy atom. The van der Waals surface area contributed by atoms with Gasteiger partial charge in [0.1, 0.15) is 5.75 Å². The molecule has 1 N–H and O–H groups in total. The molecule has 0 fully saturated rings. The van der Waals surface area contributed by atoms with Crippen molar-refractivity contribution >= 4 is 22.8 Å². The number of rotatable bonds is 3. The van der Waals surface area contributed by atoms with Gasteiger partial charge in [-0.1, -0.05) is 18.2 Å². The van der Waals surface area contributed by atoms with Crippen molar-refractivity contribution in [3.05, 3.63) is 53.3 Å². The van der Waals surface area contributed by atoms with Crippen molar-refractivity contribution in [2.24, 2.45) is 0 Å². The van der Waals surface area contributed by atoms with E-state index < -0.39 is 5.97 Å². The number of hydrogen-bond donors (Lipinski definition) is 1. The first-order valence-corrected chi connectivity index (χ1v) is 5.84. The Hall–Kier alpha value is -2.51. The Morgan fingerprint density at radius 3 is 2.58 bits per heavy atom. The maximum absolute atomic E-state index is 10.7. The predicted octanol–water partition coefficient (Wildman–Crippen LogP) is 3.49. The fraction of sp³-hybridized carbons (Fsp3) is 0.125. The van der Waals surface area contributed by atoms with Gasteiger partial charge < -0.3 is 9.84 Å². The molecule has 0 amide bonds. The normalized spacial score (nSPS) is 9.79. The van der Waals surface area contributed by atoms with Crippen LogP contribution >= 0.6 is 0 Å². The van der Waals surface area contributed by atoms with E-state index in [4.69, 9.17) is 9.84 Å². The van der Waals surface area contributed by atoms with Crippen molar-refractivity contribution in [2.45, 2.75) is 6.92 Å². The van der Waals surface area contributed by atoms with Crippen molar-refractivity contribution in [1.29, 1.82) is 0 Å². The molecule has 0 unspecified atom stereocenters. The monoisotopic (exact) mass is 254 g/mol. The van der Waals surface area contributed by atoms with Crippen LogP contribution in [0.4, 0.5) is 0 Å². The predicted molar refractivity (Wildman–Crippen MR) is 75.3 cm³/mol. The first kappa shape index (κ1) is 12.9. The lowest BCUT2D eigenvalue weighted by Crippen LogP contribution is -1.93. The standard InChI is InChI=1S/C16H14O3/c1-11(16(17)18)3-4-12-5-6-14-10-15(19-2)8-7-13(14)9-12/h4-10H,1-2H3,(H,17,18). The highest BCUT2D eigenvalue weighted by Gasteiger charge is 1.98. The van der Waals surface area contributed by atoms with E-state index >= 15 is 0 Å². The van der Waals surface area contributed by atoms with Gasteiger partial charge in [-0.3, -0.25) is 0 Å². The number of carbonyl (C=O) groups is 1. The minimum atomic E-state index is -0.957. The SMILES string of the molecule is COc1ccc2cc(C=C=C(C)C(=O)O)ccc2c1. The van der Waals surface area contributed by atoms with Gasteiger partial charge >= 0.3 is 5.97 Å². The number of ether oxygens (including phenoxy) is 1. The summed E-state index contributed by atoms with van der Waals surface area (Å²) in [5.41, 5.74) is 3.86. The second-order valence-corrected chi connectivity index (χ2v) is 4.19. The fourth-order valence-corrected chi connectivity index (χ4v) is 1.71. The maximum atomic E-state index is 10.7. The molecule has 3 heteroatoms. The Kier molecular flexibility index (Phi) is 3.69. The molecule has 0 saturated heterocycles. The van der Waals surface area contributed by atoms with Gasteiger partial charge in [-0.15, -0.1) is 5.73 Å². The molecule has 0 bridgehead atoms. The number of fused-ring (bicyclic) bond motifs is 1. The third kappa shape index (κ3) is 3.03. The van der Waals surface area contributed by atoms with E-state index in [1.807, 2.05) is 36.4 Å². The zero-order chi connectivity index (χ0) is 13.8. The summed E-state index contributed by atoms with van der Waals surface area (Å²) in [7, 11) is 1.64. The molecular weight excluding hydrogens is 240 g/mol. The van der Waals surface area contributed by atoms with Crippen molar-refractivity contribution in [3.8, 4) is 5.75 Å². The highest BCUT2D eigenvalue weighted by atomic mass is 16.5. The third-order valence-corrected chi connectivity index (χ3v) is 2.85. The molecular formula is C16H14O3. The molecule has 19 heavy (non-hydrogen) atoms. The van der Waals surface area contributed by atoms with Crippen LogP contribution in [0.15, 0.2) is 47.7 Å². The van der Waals surface area contributed by atoms with E-state index in [0.717, 1.165) is 22.1 Å². The summed E-state index contributed by atoms with van der Waals surface area (Å²) in [4.78, 5) is 10.7. The third-order valence-electron chi connectivity index (χ3n) is 2.85. The van der Waals surface area contributed by atoms with Gasteiger partial charge in [0.15, 0.2) is 0 Å². The van der Waals surface area contributed by atoms with Gasteiger partial charge in [0.05, 0.1) is 12.7 Å². The van der Waals surface area contributed by atoms with Crippen molar-refractivity contribution in [3.63, 3.8) is 0 Å². The summed E-state index contributed by atoms with van der Waals surface area (Å²) < 4.78 is 5.17. The van der Waals surface area contributed by atoms with Crippen LogP contribution in [-0.2, 0) is 4.79 Å². The van der Waals surface area contributed by atoms with Crippen molar-refractivity contribution < 1.29 is 14.6 Å². The molecule has 0 radical (unpaired) electrons. The summed E-state index contributed by atoms with van der Waals surface area (Å²) >= 11 is 0. The largest absolute Gasteiger partial charge is 0.497 e. The molecule has 0 aliphatic heterocycles. The maximum Gasteiger partial charge on any atom is 0.339 e. The lowest BCUT2D eigenvalue weighted by molar-refractivity contribution is -0.132. The topological polar surface area (TPSA) is 46.5 Å². The number of carboxylic acid groups (broad SMARTS) is 1. The van der Waals surface area contributed by atoms with Crippen LogP contribution in [0.1, 0.15) is 12.5 Å². The second-order valence-electron chi connectivity index (χ2n) is 4.19. The first-order valence-electron chi connectivity index (χ1n) is 5.84. The highest BCUT2D eigenvalue weighted by Crippen LogP contribution is 2.22. The summed E-state index contributed by atoms with van der Waals surface area (Å²) in [5, 5.41) is 10.9. The van der Waals surface area contributed by atoms with Gasteiger partial charge in [0, 0.05) is 0 Å². The van der Waals surface area contributed by atoms with E-state index in [-0.39, 0.29) is 5.57 Å². The molecule has 0 aliphatic carbocycles. The second kappa shape index (κ2) is 5.42. The van der Waals surface area contributed by atoms with E-state index in [2.05, 4.69) is 5.73 Å². The van der Waals surface area contributed by atoms with E-state index in [9.17, 15) is 4.79 Å². The number of hydrogen-bond acceptors (Lipinski definition) is 2. The molecule has 2 rings (SSSR count). The number of aliphatic carboxylic acids is 1. The smallest absolute Gasteiger partial charge is 0.339 e. The van der Waals surface area contributed by atoms with Gasteiger partial charge in [0.2, 0.25) is 0 Å². The van der Waals surface area contributed by atoms with Crippen LogP contribution < -0.4 is 4.74 Å². The molecule has 2 aromatic carbocycles. The number of carboxylic acids is 1. The van der Waals surface area contributed by atoms with E-state index in [1.54, 1.807) is 13.2 Å². The molecule has 3 nitrogen and oxygen atoms in total. The zero-order valence-corrected chi connectivity index (χ0v) is 10.8. The number of benzene rings is 2. The average molecular weight is 254 g/mol. The molecule has 0 aliphatic rings. The summed E-state index contributed by atoms with van der Waals surface area (Å²) in [6.45, 7) is 1.52. The summed E-state index contributed by atoms with van der Waals surface area (Å²) in [6, 6.07) is 11.7. The van der Waals surface area contributed by atoms with Gasteiger partial charge in [-0.05, 0) is 47.5 Å². The van der Waals surface area contributed by atoms with E-state index in [1.165, 1.54) is 6.92 Å². The Morgan fingerprint density at radius 1 is 1.21 bits per heavy atom. The first-order chi connectivity index (χ1) is 9.10. The molecule has 0 spiro atoms. The van der Waals surface area contributed by atoms with Crippen LogP contribution in [0, 0.1) is 0 Å². The molecule has 0 saturated carbocycles. The lowest BCUT2D eigenvalue weighted by Gasteiger charge is -2.03. The van der Waals surface area contributed by atoms with Gasteiger partial charge in [-0.2, -0.15) is 0 Å². The van der Waals surface area contributed by atoms with Gasteiger partial charge in [-0.25, -0.2) is 4.79 Å². The van der Waals surface area contributed by atoms with Crippen LogP contribution in [0.5, 0.6) is 5.75 Å². The van der Waals surface area contributed by atoms with Crippen molar-refractivity contribution in [2.75, 3.05) is 7.11 Å². The number of methoxy groups -OCH3 is 1. The van der Waals surface area contributed by atoms with Crippen LogP contribution in [0.25, 0.3) is 16.8 Å². The van der Waals surface area contributed by atoms with Crippen LogP contribution in [-0.4, -0.2) is 18.2 Å². The van der Waals surface area contributed by atoms with Crippen molar-refractivity contribution in [1.82, 2.24) is 0 Å². The molecule has 0 heterocycles. The Labute approximate surface area is 111 Å². The quantitative estimate of drug-likeness (QED) is 0.673. The lowest BCUT2D eigenvalue weighted by atomic mass is 10.1. The fourth-order valence-electron chi connectivity index (χ4n) is 1.71. The minimum absolute atomic E-state index is 0.190. The highest BCUT2D eigenvalue weighted by molar-refractivity contribution is 5.88. The molecule has 0 atom stereocenters. The minimum Gasteiger partial charge on any atom is -0.497 e. The molecule has 96 valence electrons.